The van der Waals surface area contributed by atoms with Gasteiger partial charge in [0.25, 0.3) is 5.91 Å². The summed E-state index contributed by atoms with van der Waals surface area (Å²) in [6.45, 7) is 2.44. The van der Waals surface area contributed by atoms with Crippen molar-refractivity contribution < 1.29 is 14.3 Å². The molecule has 0 radical (unpaired) electrons. The van der Waals surface area contributed by atoms with Crippen molar-refractivity contribution >= 4 is 40.1 Å². The van der Waals surface area contributed by atoms with Crippen molar-refractivity contribution in [1.29, 1.82) is 0 Å². The number of benzene rings is 3. The normalized spacial score (nSPS) is 16.4. The number of ether oxygens (including phenoxy) is 2. The van der Waals surface area contributed by atoms with Gasteiger partial charge in [0.05, 0.1) is 17.5 Å². The van der Waals surface area contributed by atoms with Crippen LogP contribution in [0.3, 0.4) is 0 Å². The highest BCUT2D eigenvalue weighted by atomic mass is 35.5. The van der Waals surface area contributed by atoms with Gasteiger partial charge in [-0.15, -0.1) is 5.10 Å². The summed E-state index contributed by atoms with van der Waals surface area (Å²) in [5.41, 5.74) is 2.20. The van der Waals surface area contributed by atoms with Crippen molar-refractivity contribution in [2.45, 2.75) is 26.1 Å². The molecule has 3 aromatic rings. The number of hydrogen-bond acceptors (Lipinski definition) is 7. The molecule has 0 aromatic heterocycles. The summed E-state index contributed by atoms with van der Waals surface area (Å²) in [4.78, 5) is 18.2. The number of methoxy groups -OCH3 is 1. The molecule has 1 N–H and O–H groups in total. The van der Waals surface area contributed by atoms with E-state index in [4.69, 9.17) is 31.2 Å². The van der Waals surface area contributed by atoms with Gasteiger partial charge >= 0.3 is 0 Å². The fourth-order valence-electron chi connectivity index (χ4n) is 4.07. The Hall–Kier alpha value is -3.49. The molecule has 5 rings (SSSR count). The molecule has 2 aliphatic heterocycles. The number of hydrazone groups is 1. The Morgan fingerprint density at radius 3 is 2.67 bits per heavy atom. The third kappa shape index (κ3) is 4.79. The number of thioether (sulfide) groups is 1. The molecule has 3 aromatic carbocycles. The molecule has 0 fully saturated rings. The summed E-state index contributed by atoms with van der Waals surface area (Å²) < 4.78 is 11.7. The van der Waals surface area contributed by atoms with E-state index < -0.39 is 6.17 Å². The highest BCUT2D eigenvalue weighted by Gasteiger charge is 2.35. The number of carbonyl (C=O) groups is 1. The second kappa shape index (κ2) is 10.6. The Morgan fingerprint density at radius 2 is 1.89 bits per heavy atom. The summed E-state index contributed by atoms with van der Waals surface area (Å²) in [7, 11) is 1.57. The standard InChI is InChI=1S/C27H25ClN4O3S/c1-3-13-36-27-30-26(33)23-19-11-7-8-12-21(19)29-25(32(23)31-27)18-14-20(28)24(22(15-18)34-2)35-16-17-9-5-4-6-10-17/h4-12,14-15,25H,3,13,16H2,1-2H3,(H,30,31,33)/t25-/m1/s1. The summed E-state index contributed by atoms with van der Waals surface area (Å²) in [6, 6.07) is 21.0. The van der Waals surface area contributed by atoms with Crippen LogP contribution in [0.1, 0.15) is 30.6 Å². The molecule has 184 valence electrons. The van der Waals surface area contributed by atoms with Gasteiger partial charge in [-0.1, -0.05) is 78.8 Å². The zero-order chi connectivity index (χ0) is 25.1. The van der Waals surface area contributed by atoms with E-state index >= 15 is 0 Å². The molecule has 0 saturated heterocycles. The average Bonchev–Trinajstić information content (AvgIpc) is 2.90. The van der Waals surface area contributed by atoms with Gasteiger partial charge in [0.2, 0.25) is 0 Å². The molecule has 0 bridgehead atoms. The smallest absolute Gasteiger partial charge is 0.276 e. The Morgan fingerprint density at radius 1 is 1.11 bits per heavy atom. The minimum absolute atomic E-state index is 0.211. The van der Waals surface area contributed by atoms with Gasteiger partial charge in [0.15, 0.2) is 22.8 Å². The van der Waals surface area contributed by atoms with Gasteiger partial charge in [-0.05, 0) is 30.2 Å². The Kier molecular flexibility index (Phi) is 7.16. The van der Waals surface area contributed by atoms with Crippen LogP contribution in [0.15, 0.2) is 76.8 Å². The maximum absolute atomic E-state index is 13.2. The lowest BCUT2D eigenvalue weighted by Gasteiger charge is -2.34. The lowest BCUT2D eigenvalue weighted by atomic mass is 10.1. The van der Waals surface area contributed by atoms with Gasteiger partial charge < -0.3 is 9.47 Å². The first kappa shape index (κ1) is 24.2. The van der Waals surface area contributed by atoms with Crippen LogP contribution in [-0.2, 0) is 11.4 Å². The van der Waals surface area contributed by atoms with Crippen LogP contribution >= 0.6 is 23.4 Å². The van der Waals surface area contributed by atoms with Gasteiger partial charge in [-0.3, -0.25) is 15.1 Å². The van der Waals surface area contributed by atoms with Crippen molar-refractivity contribution in [3.8, 4) is 11.5 Å². The maximum atomic E-state index is 13.2. The van der Waals surface area contributed by atoms with Crippen LogP contribution in [0.5, 0.6) is 11.5 Å². The van der Waals surface area contributed by atoms with Gasteiger partial charge in [0.1, 0.15) is 12.3 Å². The van der Waals surface area contributed by atoms with Gasteiger partial charge in [-0.25, -0.2) is 5.01 Å². The average molecular weight is 521 g/mol. The van der Waals surface area contributed by atoms with E-state index in [2.05, 4.69) is 12.2 Å². The maximum Gasteiger partial charge on any atom is 0.276 e. The second-order valence-corrected chi connectivity index (χ2v) is 9.72. The second-order valence-electron chi connectivity index (χ2n) is 8.23. The van der Waals surface area contributed by atoms with E-state index in [0.29, 0.717) is 39.4 Å². The van der Waals surface area contributed by atoms with Crippen LogP contribution in [0.4, 0.5) is 0 Å². The van der Waals surface area contributed by atoms with Crippen molar-refractivity contribution in [3.63, 3.8) is 0 Å². The number of amidine groups is 1. The fraction of sp³-hybridized carbons (Fsp3) is 0.222. The quantitative estimate of drug-likeness (QED) is 0.505. The predicted octanol–water partition coefficient (Wildman–Crippen LogP) is 4.21. The van der Waals surface area contributed by atoms with E-state index in [9.17, 15) is 4.79 Å². The molecular formula is C27H25ClN4O3S. The molecule has 0 saturated carbocycles. The van der Waals surface area contributed by atoms with Gasteiger partial charge in [-0.2, -0.15) is 0 Å². The highest BCUT2D eigenvalue weighted by molar-refractivity contribution is 8.13. The van der Waals surface area contributed by atoms with E-state index in [1.807, 2.05) is 60.7 Å². The number of nitrogens with zero attached hydrogens (tertiary/aromatic N) is 3. The number of halogens is 1. The monoisotopic (exact) mass is 520 g/mol. The number of carbonyl (C=O) groups excluding carboxylic acids is 1. The first-order chi connectivity index (χ1) is 17.6. The largest absolute Gasteiger partial charge is 0.493 e. The summed E-state index contributed by atoms with van der Waals surface area (Å²) in [5, 5.41) is 11.7. The topological polar surface area (TPSA) is 75.5 Å². The first-order valence-electron chi connectivity index (χ1n) is 11.6. The lowest BCUT2D eigenvalue weighted by Crippen LogP contribution is -2.50. The van der Waals surface area contributed by atoms with Crippen molar-refractivity contribution in [3.05, 3.63) is 93.5 Å². The fourth-order valence-corrected chi connectivity index (χ4v) is 5.05. The molecule has 1 atom stereocenters. The number of para-hydroxylation sites is 1. The third-order valence-corrected chi connectivity index (χ3v) is 7.08. The molecule has 0 aliphatic carbocycles. The van der Waals surface area contributed by atoms with E-state index in [0.717, 1.165) is 28.5 Å². The Bertz CT molecular complexity index is 1450. The van der Waals surface area contributed by atoms with Crippen LogP contribution < -0.4 is 25.4 Å². The zero-order valence-corrected chi connectivity index (χ0v) is 21.5. The van der Waals surface area contributed by atoms with Gasteiger partial charge in [0, 0.05) is 16.5 Å². The lowest BCUT2D eigenvalue weighted by molar-refractivity contribution is -0.116. The van der Waals surface area contributed by atoms with Crippen LogP contribution in [0.2, 0.25) is 5.02 Å². The first-order valence-corrected chi connectivity index (χ1v) is 13.0. The molecular weight excluding hydrogens is 496 g/mol. The minimum atomic E-state index is -0.604. The summed E-state index contributed by atoms with van der Waals surface area (Å²) in [6.07, 6.45) is 0.358. The minimum Gasteiger partial charge on any atom is -0.493 e. The van der Waals surface area contributed by atoms with Crippen LogP contribution in [-0.4, -0.2) is 28.9 Å². The molecule has 1 amide bonds. The highest BCUT2D eigenvalue weighted by Crippen LogP contribution is 2.41. The third-order valence-electron chi connectivity index (χ3n) is 5.73. The van der Waals surface area contributed by atoms with E-state index in [1.165, 1.54) is 11.8 Å². The number of rotatable bonds is 7. The summed E-state index contributed by atoms with van der Waals surface area (Å²) >= 11 is 8.21. The predicted molar refractivity (Wildman–Crippen MR) is 142 cm³/mol. The molecule has 36 heavy (non-hydrogen) atoms. The number of nitrogens with one attached hydrogen (secondary N) is 1. The van der Waals surface area contributed by atoms with E-state index in [1.54, 1.807) is 18.2 Å². The number of amides is 1. The van der Waals surface area contributed by atoms with Crippen molar-refractivity contribution in [1.82, 2.24) is 10.3 Å². The van der Waals surface area contributed by atoms with Crippen LogP contribution in [0.25, 0.3) is 5.70 Å². The zero-order valence-electron chi connectivity index (χ0n) is 19.9. The van der Waals surface area contributed by atoms with Crippen LogP contribution in [0, 0.1) is 0 Å². The van der Waals surface area contributed by atoms with E-state index in [-0.39, 0.29) is 5.91 Å². The Balaban J connectivity index is 1.56. The molecule has 7 nitrogen and oxygen atoms in total. The van der Waals surface area contributed by atoms with Crippen molar-refractivity contribution in [2.75, 3.05) is 12.9 Å². The molecule has 0 unspecified atom stereocenters. The molecule has 2 heterocycles. The molecule has 2 aliphatic rings. The molecule has 9 heteroatoms. The van der Waals surface area contributed by atoms with Crippen molar-refractivity contribution in [2.24, 2.45) is 10.1 Å². The Labute approximate surface area is 218 Å². The number of fused-ring (bicyclic) bond motifs is 2. The number of hydrogen-bond donors (Lipinski definition) is 1. The summed E-state index contributed by atoms with van der Waals surface area (Å²) in [5.74, 6) is 1.56. The molecule has 0 spiro atoms. The SMILES string of the molecule is CCCSC1=NN2C(=c3ccccc3=N[C@H]2c2cc(Cl)c(OCc3ccccc3)c(OC)c2)C(=O)N1.